The second-order valence-corrected chi connectivity index (χ2v) is 10.5. The number of hydrogen-bond donors (Lipinski definition) is 4. The molecule has 5 N–H and O–H groups in total. The highest BCUT2D eigenvalue weighted by Crippen LogP contribution is 2.31. The highest BCUT2D eigenvalue weighted by Gasteiger charge is 2.30. The number of sulfonamides is 1. The van der Waals surface area contributed by atoms with Crippen LogP contribution in [0.3, 0.4) is 0 Å². The highest BCUT2D eigenvalue weighted by molar-refractivity contribution is 7.89. The van der Waals surface area contributed by atoms with Crippen LogP contribution in [0.25, 0.3) is 22.2 Å². The summed E-state index contributed by atoms with van der Waals surface area (Å²) in [5, 5.41) is 26.3. The van der Waals surface area contributed by atoms with Gasteiger partial charge in [0.25, 0.3) is 0 Å². The normalized spacial score (nSPS) is 16.2. The zero-order valence-electron chi connectivity index (χ0n) is 19.5. The summed E-state index contributed by atoms with van der Waals surface area (Å²) in [6.45, 7) is 1.25. The molecular weight excluding hydrogens is 478 g/mol. The molecule has 1 aromatic heterocycles. The Morgan fingerprint density at radius 1 is 1.06 bits per heavy atom. The lowest BCUT2D eigenvalue weighted by molar-refractivity contribution is -0.122. The van der Waals surface area contributed by atoms with Gasteiger partial charge in [0.05, 0.1) is 16.5 Å². The number of carbonyl (C=O) groups excluding carboxylic acids is 1. The third-order valence-electron chi connectivity index (χ3n) is 6.49. The molecule has 36 heavy (non-hydrogen) atoms. The summed E-state index contributed by atoms with van der Waals surface area (Å²) in [4.78, 5) is 15.7. The molecule has 1 unspecified atom stereocenters. The van der Waals surface area contributed by atoms with E-state index in [2.05, 4.69) is 20.4 Å². The lowest BCUT2D eigenvalue weighted by atomic mass is 9.99. The molecule has 2 heterocycles. The van der Waals surface area contributed by atoms with Crippen molar-refractivity contribution in [2.45, 2.75) is 29.9 Å². The van der Waals surface area contributed by atoms with E-state index in [1.807, 2.05) is 42.5 Å². The maximum atomic E-state index is 13.6. The standard InChI is InChI=1S/C26H27N5O4S/c27-36(34,35)21-8-4-7-18(15-21)24-22-16-19(9-10-23(22)29-30-24)28-26(33)25(17-5-2-1-3-6-17)31-13-11-20(32)12-14-31/h1-10,15-16,20,25,32H,11-14H2,(H,28,33)(H,29,30)(H2,27,34,35). The zero-order chi connectivity index (χ0) is 25.3. The predicted molar refractivity (Wildman–Crippen MR) is 138 cm³/mol. The van der Waals surface area contributed by atoms with E-state index < -0.39 is 16.1 Å². The summed E-state index contributed by atoms with van der Waals surface area (Å²) in [7, 11) is -3.86. The fourth-order valence-electron chi connectivity index (χ4n) is 4.65. The lowest BCUT2D eigenvalue weighted by Gasteiger charge is -2.35. The van der Waals surface area contributed by atoms with Crippen molar-refractivity contribution in [2.75, 3.05) is 18.4 Å². The first-order valence-electron chi connectivity index (χ1n) is 11.7. The average Bonchev–Trinajstić information content (AvgIpc) is 3.29. The molecule has 3 aromatic carbocycles. The Balaban J connectivity index is 1.46. The van der Waals surface area contributed by atoms with E-state index >= 15 is 0 Å². The van der Waals surface area contributed by atoms with Gasteiger partial charge in [-0.15, -0.1) is 0 Å². The Kier molecular flexibility index (Phi) is 6.59. The molecule has 1 aliphatic rings. The SMILES string of the molecule is NS(=O)(=O)c1cccc(-c2n[nH]c3ccc(NC(=O)C(c4ccccc4)N4CCC(O)CC4)cc23)c1. The number of hydrogen-bond acceptors (Lipinski definition) is 6. The van der Waals surface area contributed by atoms with Crippen LogP contribution in [0, 0.1) is 0 Å². The number of fused-ring (bicyclic) bond motifs is 1. The van der Waals surface area contributed by atoms with Gasteiger partial charge in [-0.2, -0.15) is 5.10 Å². The summed E-state index contributed by atoms with van der Waals surface area (Å²) in [6.07, 6.45) is 0.910. The number of anilines is 1. The fourth-order valence-corrected chi connectivity index (χ4v) is 5.21. The average molecular weight is 506 g/mol. The van der Waals surface area contributed by atoms with Crippen molar-refractivity contribution in [1.29, 1.82) is 0 Å². The van der Waals surface area contributed by atoms with Crippen LogP contribution < -0.4 is 10.5 Å². The lowest BCUT2D eigenvalue weighted by Crippen LogP contribution is -2.43. The van der Waals surface area contributed by atoms with Gasteiger partial charge in [-0.1, -0.05) is 42.5 Å². The number of aromatic amines is 1. The van der Waals surface area contributed by atoms with Gasteiger partial charge in [-0.3, -0.25) is 14.8 Å². The molecule has 1 atom stereocenters. The zero-order valence-corrected chi connectivity index (χ0v) is 20.3. The van der Waals surface area contributed by atoms with Gasteiger partial charge < -0.3 is 10.4 Å². The largest absolute Gasteiger partial charge is 0.393 e. The Hall–Kier alpha value is -3.57. The molecule has 1 fully saturated rings. The van der Waals surface area contributed by atoms with Gasteiger partial charge in [0, 0.05) is 29.7 Å². The Morgan fingerprint density at radius 2 is 1.81 bits per heavy atom. The smallest absolute Gasteiger partial charge is 0.246 e. The summed E-state index contributed by atoms with van der Waals surface area (Å²) >= 11 is 0. The number of piperidine rings is 1. The minimum atomic E-state index is -3.86. The van der Waals surface area contributed by atoms with Gasteiger partial charge >= 0.3 is 0 Å². The van der Waals surface area contributed by atoms with Crippen molar-refractivity contribution >= 4 is 32.5 Å². The van der Waals surface area contributed by atoms with Crippen molar-refractivity contribution < 1.29 is 18.3 Å². The van der Waals surface area contributed by atoms with Gasteiger partial charge in [0.2, 0.25) is 15.9 Å². The van der Waals surface area contributed by atoms with Gasteiger partial charge in [0.15, 0.2) is 0 Å². The molecule has 9 nitrogen and oxygen atoms in total. The molecular formula is C26H27N5O4S. The van der Waals surface area contributed by atoms with Gasteiger partial charge in [-0.25, -0.2) is 13.6 Å². The molecule has 10 heteroatoms. The Labute approximate surface area is 209 Å². The number of primary sulfonamides is 1. The van der Waals surface area contributed by atoms with Crippen LogP contribution in [-0.4, -0.2) is 53.7 Å². The molecule has 4 aromatic rings. The van der Waals surface area contributed by atoms with E-state index in [9.17, 15) is 18.3 Å². The van der Waals surface area contributed by atoms with Crippen LogP contribution in [0.15, 0.2) is 77.7 Å². The molecule has 0 saturated carbocycles. The number of H-pyrrole nitrogens is 1. The quantitative estimate of drug-likeness (QED) is 0.317. The number of rotatable bonds is 6. The van der Waals surface area contributed by atoms with Crippen LogP contribution >= 0.6 is 0 Å². The van der Waals surface area contributed by atoms with Crippen LogP contribution in [0.4, 0.5) is 5.69 Å². The van der Waals surface area contributed by atoms with Crippen molar-refractivity contribution in [2.24, 2.45) is 5.14 Å². The number of aromatic nitrogens is 2. The summed E-state index contributed by atoms with van der Waals surface area (Å²) in [5.74, 6) is -0.168. The molecule has 0 radical (unpaired) electrons. The first-order valence-corrected chi connectivity index (χ1v) is 13.2. The second kappa shape index (κ2) is 9.82. The molecule has 1 saturated heterocycles. The van der Waals surface area contributed by atoms with E-state index in [0.29, 0.717) is 42.9 Å². The number of aliphatic hydroxyl groups is 1. The van der Waals surface area contributed by atoms with Crippen LogP contribution in [0.1, 0.15) is 24.4 Å². The van der Waals surface area contributed by atoms with Crippen molar-refractivity contribution in [3.63, 3.8) is 0 Å². The van der Waals surface area contributed by atoms with E-state index in [4.69, 9.17) is 5.14 Å². The molecule has 0 spiro atoms. The minimum Gasteiger partial charge on any atom is -0.393 e. The molecule has 186 valence electrons. The molecule has 0 aliphatic carbocycles. The van der Waals surface area contributed by atoms with Crippen LogP contribution in [0.2, 0.25) is 0 Å². The highest BCUT2D eigenvalue weighted by atomic mass is 32.2. The molecule has 1 amide bonds. The van der Waals surface area contributed by atoms with Crippen LogP contribution in [0.5, 0.6) is 0 Å². The monoisotopic (exact) mass is 505 g/mol. The van der Waals surface area contributed by atoms with Crippen LogP contribution in [-0.2, 0) is 14.8 Å². The van der Waals surface area contributed by atoms with Crippen molar-refractivity contribution in [3.8, 4) is 11.3 Å². The maximum absolute atomic E-state index is 13.6. The van der Waals surface area contributed by atoms with Gasteiger partial charge in [-0.05, 0) is 48.7 Å². The Morgan fingerprint density at radius 3 is 2.53 bits per heavy atom. The summed E-state index contributed by atoms with van der Waals surface area (Å²) in [5.41, 5.74) is 3.36. The molecule has 0 bridgehead atoms. The van der Waals surface area contributed by atoms with E-state index in [1.54, 1.807) is 18.2 Å². The minimum absolute atomic E-state index is 0.00189. The second-order valence-electron chi connectivity index (χ2n) is 8.98. The number of nitrogens with zero attached hydrogens (tertiary/aromatic N) is 2. The number of benzene rings is 3. The molecule has 1 aliphatic heterocycles. The molecule has 5 rings (SSSR count). The maximum Gasteiger partial charge on any atom is 0.246 e. The summed E-state index contributed by atoms with van der Waals surface area (Å²) in [6, 6.07) is 20.8. The number of likely N-dealkylation sites (tertiary alicyclic amines) is 1. The third kappa shape index (κ3) is 5.02. The predicted octanol–water partition coefficient (Wildman–Crippen LogP) is 3.01. The first-order chi connectivity index (χ1) is 17.3. The number of aliphatic hydroxyl groups excluding tert-OH is 1. The topological polar surface area (TPSA) is 141 Å². The van der Waals surface area contributed by atoms with Crippen molar-refractivity contribution in [1.82, 2.24) is 15.1 Å². The number of nitrogens with one attached hydrogen (secondary N) is 2. The number of nitrogens with two attached hydrogens (primary N) is 1. The summed E-state index contributed by atoms with van der Waals surface area (Å²) < 4.78 is 23.6. The first kappa shape index (κ1) is 24.1. The fraction of sp³-hybridized carbons (Fsp3) is 0.231. The van der Waals surface area contributed by atoms with Gasteiger partial charge in [0.1, 0.15) is 11.7 Å². The van der Waals surface area contributed by atoms with Crippen molar-refractivity contribution in [3.05, 3.63) is 78.4 Å². The Bertz CT molecular complexity index is 1500. The number of carbonyl (C=O) groups is 1. The number of amides is 1. The van der Waals surface area contributed by atoms with E-state index in [-0.39, 0.29) is 16.9 Å². The third-order valence-corrected chi connectivity index (χ3v) is 7.41. The van der Waals surface area contributed by atoms with E-state index in [0.717, 1.165) is 16.5 Å². The van der Waals surface area contributed by atoms with E-state index in [1.165, 1.54) is 12.1 Å².